The Hall–Kier alpha value is -1.69. The molecule has 0 aliphatic rings. The van der Waals surface area contributed by atoms with Gasteiger partial charge in [0.1, 0.15) is 0 Å². The van der Waals surface area contributed by atoms with E-state index in [1.165, 1.54) is 29.0 Å². The van der Waals surface area contributed by atoms with Crippen LogP contribution in [0.15, 0.2) is 11.6 Å². The molecule has 0 aliphatic carbocycles. The minimum absolute atomic E-state index is 0.208. The smallest absolute Gasteiger partial charge is 0.358 e. The van der Waals surface area contributed by atoms with Gasteiger partial charge in [-0.1, -0.05) is 0 Å². The molecule has 0 aliphatic heterocycles. The van der Waals surface area contributed by atoms with Crippen molar-refractivity contribution in [1.82, 2.24) is 4.98 Å². The van der Waals surface area contributed by atoms with Crippen LogP contribution in [0.3, 0.4) is 0 Å². The molecule has 2 N–H and O–H groups in total. The van der Waals surface area contributed by atoms with Gasteiger partial charge in [-0.2, -0.15) is 0 Å². The second kappa shape index (κ2) is 5.26. The minimum atomic E-state index is -0.571. The van der Waals surface area contributed by atoms with Gasteiger partial charge in [-0.25, -0.2) is 9.78 Å². The minimum Gasteiger partial charge on any atom is -0.461 e. The monoisotopic (exact) mass is 226 g/mol. The molecule has 0 saturated carbocycles. The Bertz CT molecular complexity index is 398. The number of carbonyl (C=O) groups is 2. The fourth-order valence-electron chi connectivity index (χ4n) is 0.884. The van der Waals surface area contributed by atoms with E-state index in [1.807, 2.05) is 0 Å². The van der Waals surface area contributed by atoms with Crippen molar-refractivity contribution in [3.63, 3.8) is 0 Å². The number of ether oxygens (including phenoxy) is 1. The fraction of sp³-hybridized carbons (Fsp3) is 0.222. The van der Waals surface area contributed by atoms with E-state index in [0.29, 0.717) is 4.88 Å². The van der Waals surface area contributed by atoms with E-state index in [2.05, 4.69) is 4.98 Å². The van der Waals surface area contributed by atoms with Crippen molar-refractivity contribution in [1.29, 1.82) is 0 Å². The fourth-order valence-corrected chi connectivity index (χ4v) is 1.55. The molecule has 0 spiro atoms. The van der Waals surface area contributed by atoms with Crippen LogP contribution >= 0.6 is 11.3 Å². The second-order valence-electron chi connectivity index (χ2n) is 2.52. The van der Waals surface area contributed by atoms with E-state index in [0.717, 1.165) is 0 Å². The molecule has 5 nitrogen and oxygen atoms in total. The molecule has 1 aromatic heterocycles. The molecule has 0 bridgehead atoms. The Labute approximate surface area is 90.6 Å². The molecule has 6 heteroatoms. The summed E-state index contributed by atoms with van der Waals surface area (Å²) < 4.78 is 4.79. The molecule has 0 atom stereocenters. The van der Waals surface area contributed by atoms with Gasteiger partial charge in [0.25, 0.3) is 0 Å². The highest BCUT2D eigenvalue weighted by Crippen LogP contribution is 2.16. The van der Waals surface area contributed by atoms with Crippen LogP contribution in [0.2, 0.25) is 0 Å². The summed E-state index contributed by atoms with van der Waals surface area (Å²) >= 11 is 1.24. The average Bonchev–Trinajstić information content (AvgIpc) is 2.62. The lowest BCUT2D eigenvalue weighted by atomic mass is 10.3. The van der Waals surface area contributed by atoms with Crippen LogP contribution in [0.5, 0.6) is 0 Å². The van der Waals surface area contributed by atoms with E-state index in [9.17, 15) is 9.59 Å². The molecule has 80 valence electrons. The van der Waals surface area contributed by atoms with Crippen molar-refractivity contribution in [2.45, 2.75) is 6.92 Å². The van der Waals surface area contributed by atoms with Gasteiger partial charge >= 0.3 is 5.97 Å². The van der Waals surface area contributed by atoms with Gasteiger partial charge in [0.15, 0.2) is 5.69 Å². The molecule has 0 aromatic carbocycles. The third-order valence-corrected chi connectivity index (χ3v) is 2.26. The van der Waals surface area contributed by atoms with Crippen LogP contribution in [0.25, 0.3) is 6.08 Å². The van der Waals surface area contributed by atoms with Gasteiger partial charge in [0.05, 0.1) is 17.0 Å². The molecular formula is C9H10N2O3S. The number of aromatic nitrogens is 1. The predicted molar refractivity (Wildman–Crippen MR) is 56.3 cm³/mol. The van der Waals surface area contributed by atoms with E-state index in [-0.39, 0.29) is 12.3 Å². The van der Waals surface area contributed by atoms with Gasteiger partial charge in [0.2, 0.25) is 5.91 Å². The van der Waals surface area contributed by atoms with Crippen LogP contribution in [0, 0.1) is 0 Å². The number of thiazole rings is 1. The SMILES string of the molecule is CCOC(=O)c1ncsc1C=CC(N)=O. The van der Waals surface area contributed by atoms with Crippen molar-refractivity contribution in [2.24, 2.45) is 5.73 Å². The summed E-state index contributed by atoms with van der Waals surface area (Å²) in [5, 5.41) is 0. The first-order valence-corrected chi connectivity index (χ1v) is 5.11. The largest absolute Gasteiger partial charge is 0.461 e. The summed E-state index contributed by atoms with van der Waals surface area (Å²) in [5.41, 5.74) is 6.65. The number of carbonyl (C=O) groups excluding carboxylic acids is 2. The molecule has 0 saturated heterocycles. The van der Waals surface area contributed by atoms with Gasteiger partial charge in [-0.15, -0.1) is 11.3 Å². The average molecular weight is 226 g/mol. The van der Waals surface area contributed by atoms with Crippen LogP contribution in [0.4, 0.5) is 0 Å². The lowest BCUT2D eigenvalue weighted by Gasteiger charge is -1.98. The Kier molecular flexibility index (Phi) is 3.99. The molecule has 1 amide bonds. The summed E-state index contributed by atoms with van der Waals surface area (Å²) in [6.07, 6.45) is 2.63. The number of nitrogens with two attached hydrogens (primary N) is 1. The number of nitrogens with zero attached hydrogens (tertiary/aromatic N) is 1. The Morgan fingerprint density at radius 3 is 3.00 bits per heavy atom. The number of amides is 1. The maximum Gasteiger partial charge on any atom is 0.358 e. The molecular weight excluding hydrogens is 216 g/mol. The van der Waals surface area contributed by atoms with E-state index < -0.39 is 11.9 Å². The summed E-state index contributed by atoms with van der Waals surface area (Å²) in [6, 6.07) is 0. The Balaban J connectivity index is 2.86. The molecule has 1 heterocycles. The van der Waals surface area contributed by atoms with Crippen LogP contribution < -0.4 is 5.73 Å². The standard InChI is InChI=1S/C9H10N2O3S/c1-2-14-9(13)8-6(15-5-11-8)3-4-7(10)12/h3-5H,2H2,1H3,(H2,10,12). The molecule has 1 rings (SSSR count). The molecule has 15 heavy (non-hydrogen) atoms. The zero-order valence-corrected chi connectivity index (χ0v) is 8.91. The van der Waals surface area contributed by atoms with E-state index >= 15 is 0 Å². The predicted octanol–water partition coefficient (Wildman–Crippen LogP) is 0.818. The van der Waals surface area contributed by atoms with Crippen molar-refractivity contribution >= 4 is 29.3 Å². The first-order chi connectivity index (χ1) is 7.15. The summed E-state index contributed by atoms with van der Waals surface area (Å²) in [7, 11) is 0. The maximum absolute atomic E-state index is 11.3. The zero-order chi connectivity index (χ0) is 11.3. The number of esters is 1. The Morgan fingerprint density at radius 2 is 2.40 bits per heavy atom. The maximum atomic E-state index is 11.3. The lowest BCUT2D eigenvalue weighted by Crippen LogP contribution is -2.07. The normalized spacial score (nSPS) is 10.5. The Morgan fingerprint density at radius 1 is 1.67 bits per heavy atom. The van der Waals surface area contributed by atoms with Gasteiger partial charge < -0.3 is 10.5 Å². The van der Waals surface area contributed by atoms with Crippen molar-refractivity contribution in [3.8, 4) is 0 Å². The van der Waals surface area contributed by atoms with Crippen molar-refractivity contribution in [2.75, 3.05) is 6.61 Å². The molecule has 1 aromatic rings. The second-order valence-corrected chi connectivity index (χ2v) is 3.41. The van der Waals surface area contributed by atoms with Crippen molar-refractivity contribution < 1.29 is 14.3 Å². The van der Waals surface area contributed by atoms with Gasteiger partial charge in [-0.05, 0) is 13.0 Å². The van der Waals surface area contributed by atoms with E-state index in [1.54, 1.807) is 6.92 Å². The third-order valence-electron chi connectivity index (χ3n) is 1.46. The zero-order valence-electron chi connectivity index (χ0n) is 8.10. The quantitative estimate of drug-likeness (QED) is 0.608. The first-order valence-electron chi connectivity index (χ1n) is 4.23. The van der Waals surface area contributed by atoms with Crippen LogP contribution in [-0.4, -0.2) is 23.5 Å². The number of rotatable bonds is 4. The first kappa shape index (κ1) is 11.4. The van der Waals surface area contributed by atoms with E-state index in [4.69, 9.17) is 10.5 Å². The topological polar surface area (TPSA) is 82.3 Å². The number of primary amides is 1. The number of hydrogen-bond donors (Lipinski definition) is 1. The van der Waals surface area contributed by atoms with Gasteiger partial charge in [-0.3, -0.25) is 4.79 Å². The number of hydrogen-bond acceptors (Lipinski definition) is 5. The summed E-state index contributed by atoms with van der Waals surface area (Å²) in [6.45, 7) is 2.00. The summed E-state index contributed by atoms with van der Waals surface area (Å²) in [5.74, 6) is -1.07. The van der Waals surface area contributed by atoms with Crippen LogP contribution in [0.1, 0.15) is 22.3 Å². The highest BCUT2D eigenvalue weighted by Gasteiger charge is 2.13. The molecule has 0 radical (unpaired) electrons. The van der Waals surface area contributed by atoms with Crippen molar-refractivity contribution in [3.05, 3.63) is 22.2 Å². The highest BCUT2D eigenvalue weighted by atomic mass is 32.1. The third kappa shape index (κ3) is 3.17. The molecule has 0 fully saturated rings. The van der Waals surface area contributed by atoms with Crippen LogP contribution in [-0.2, 0) is 9.53 Å². The highest BCUT2D eigenvalue weighted by molar-refractivity contribution is 7.10. The molecule has 0 unspecified atom stereocenters. The van der Waals surface area contributed by atoms with Gasteiger partial charge in [0, 0.05) is 6.08 Å². The lowest BCUT2D eigenvalue weighted by molar-refractivity contribution is -0.113. The summed E-state index contributed by atoms with van der Waals surface area (Å²) in [4.78, 5) is 26.3.